The van der Waals surface area contributed by atoms with Crippen molar-refractivity contribution in [3.8, 4) is 11.3 Å². The summed E-state index contributed by atoms with van der Waals surface area (Å²) in [5.41, 5.74) is 0.836. The molecule has 8 nitrogen and oxygen atoms in total. The van der Waals surface area contributed by atoms with Crippen molar-refractivity contribution in [1.29, 1.82) is 0 Å². The molecule has 2 saturated heterocycles. The second-order valence-corrected chi connectivity index (χ2v) is 13.6. The normalized spacial score (nSPS) is 28.9. The highest BCUT2D eigenvalue weighted by molar-refractivity contribution is 8.18. The molecule has 3 heterocycles. The first-order valence-corrected chi connectivity index (χ1v) is 15.0. The second-order valence-electron chi connectivity index (χ2n) is 11.0. The maximum Gasteiger partial charge on any atom is 0.194 e. The van der Waals surface area contributed by atoms with Gasteiger partial charge in [-0.2, -0.15) is 0 Å². The van der Waals surface area contributed by atoms with Crippen LogP contribution in [0.5, 0.6) is 0 Å². The van der Waals surface area contributed by atoms with Crippen LogP contribution < -0.4 is 0 Å². The van der Waals surface area contributed by atoms with Crippen LogP contribution in [0.1, 0.15) is 35.3 Å². The molecular formula is C28H35F3N4O4S. The number of likely N-dealkylation sites (tertiary alicyclic amines) is 1. The third-order valence-corrected chi connectivity index (χ3v) is 12.0. The van der Waals surface area contributed by atoms with E-state index >= 15 is 0 Å². The number of halogens is 3. The number of hydrogen-bond acceptors (Lipinski definition) is 7. The summed E-state index contributed by atoms with van der Waals surface area (Å²) in [7, 11) is 0.661. The summed E-state index contributed by atoms with van der Waals surface area (Å²) in [6.07, 6.45) is 0.00626. The van der Waals surface area contributed by atoms with Crippen LogP contribution in [0, 0.1) is 24.4 Å². The topological polar surface area (TPSA) is 115 Å². The van der Waals surface area contributed by atoms with E-state index in [0.717, 1.165) is 23.3 Å². The minimum Gasteiger partial charge on any atom is -0.395 e. The number of aromatic nitrogens is 3. The lowest BCUT2D eigenvalue weighted by molar-refractivity contribution is -0.0218. The molecule has 5 rings (SSSR count). The molecule has 0 spiro atoms. The molecule has 0 radical (unpaired) electrons. The van der Waals surface area contributed by atoms with Gasteiger partial charge in [0.05, 0.1) is 30.6 Å². The van der Waals surface area contributed by atoms with Crippen LogP contribution in [-0.2, 0) is 0 Å². The van der Waals surface area contributed by atoms with Gasteiger partial charge in [-0.1, -0.05) is 29.5 Å². The number of hydrogen-bond donors (Lipinski definition) is 5. The van der Waals surface area contributed by atoms with E-state index in [1.807, 2.05) is 38.2 Å². The summed E-state index contributed by atoms with van der Waals surface area (Å²) in [5.74, 6) is -4.12. The third-order valence-electron chi connectivity index (χ3n) is 8.42. The van der Waals surface area contributed by atoms with E-state index in [2.05, 4.69) is 15.2 Å². The molecule has 218 valence electrons. The van der Waals surface area contributed by atoms with Crippen LogP contribution in [0.4, 0.5) is 13.2 Å². The fraction of sp³-hybridized carbons (Fsp3) is 0.500. The summed E-state index contributed by atoms with van der Waals surface area (Å²) in [6.45, 7) is 3.00. The van der Waals surface area contributed by atoms with Gasteiger partial charge in [0.15, 0.2) is 17.5 Å². The third kappa shape index (κ3) is 5.28. The van der Waals surface area contributed by atoms with Crippen LogP contribution in [0.3, 0.4) is 0 Å². The minimum atomic E-state index is -1.59. The van der Waals surface area contributed by atoms with Crippen molar-refractivity contribution in [1.82, 2.24) is 19.9 Å². The second kappa shape index (κ2) is 11.4. The van der Waals surface area contributed by atoms with Gasteiger partial charge in [-0.15, -0.1) is 5.10 Å². The SMILES string of the molecule is Cc1ccccc1C([SH]1C[C@H](O)[C@H](n2cc(-c3cc(F)c(F)c(F)c3)nn2)[C@@H](O)[C@H]1CO)C1(O)CCN(C)CC1. The fourth-order valence-electron chi connectivity index (χ4n) is 6.16. The molecule has 2 aliphatic rings. The molecular weight excluding hydrogens is 545 g/mol. The highest BCUT2D eigenvalue weighted by atomic mass is 32.2. The molecule has 0 aliphatic carbocycles. The summed E-state index contributed by atoms with van der Waals surface area (Å²) >= 11 is 0. The Morgan fingerprint density at radius 3 is 2.38 bits per heavy atom. The number of nitrogens with zero attached hydrogens (tertiary/aromatic N) is 4. The fourth-order valence-corrected chi connectivity index (χ4v) is 9.97. The van der Waals surface area contributed by atoms with Gasteiger partial charge in [0, 0.05) is 34.9 Å². The number of rotatable bonds is 6. The number of aryl methyl sites for hydroxylation is 1. The predicted octanol–water partition coefficient (Wildman–Crippen LogP) is 2.51. The van der Waals surface area contributed by atoms with Gasteiger partial charge in [0.25, 0.3) is 0 Å². The maximum absolute atomic E-state index is 13.8. The predicted molar refractivity (Wildman–Crippen MR) is 147 cm³/mol. The molecule has 0 amide bonds. The van der Waals surface area contributed by atoms with E-state index in [4.69, 9.17) is 0 Å². The zero-order valence-electron chi connectivity index (χ0n) is 22.3. The summed E-state index contributed by atoms with van der Waals surface area (Å²) in [5, 5.41) is 52.5. The highest BCUT2D eigenvalue weighted by Gasteiger charge is 2.51. The molecule has 2 fully saturated rings. The monoisotopic (exact) mass is 580 g/mol. The summed E-state index contributed by atoms with van der Waals surface area (Å²) in [6, 6.07) is 8.37. The number of aliphatic hydroxyl groups excluding tert-OH is 3. The first-order chi connectivity index (χ1) is 19.0. The maximum atomic E-state index is 13.8. The number of benzene rings is 2. The molecule has 0 bridgehead atoms. The Bertz CT molecular complexity index is 1330. The first-order valence-electron chi connectivity index (χ1n) is 13.3. The van der Waals surface area contributed by atoms with Crippen molar-refractivity contribution in [3.05, 3.63) is 71.2 Å². The lowest BCUT2D eigenvalue weighted by atomic mass is 9.83. The lowest BCUT2D eigenvalue weighted by Gasteiger charge is -2.53. The van der Waals surface area contributed by atoms with Crippen molar-refractivity contribution in [3.63, 3.8) is 0 Å². The van der Waals surface area contributed by atoms with Crippen LogP contribution in [0.2, 0.25) is 0 Å². The van der Waals surface area contributed by atoms with Crippen LogP contribution in [-0.4, -0.2) is 95.9 Å². The first kappa shape index (κ1) is 29.0. The summed E-state index contributed by atoms with van der Waals surface area (Å²) in [4.78, 5) is 2.15. The van der Waals surface area contributed by atoms with Gasteiger partial charge in [0.1, 0.15) is 11.7 Å². The molecule has 1 aromatic heterocycles. The van der Waals surface area contributed by atoms with Crippen LogP contribution in [0.25, 0.3) is 11.3 Å². The zero-order chi connectivity index (χ0) is 28.8. The van der Waals surface area contributed by atoms with Gasteiger partial charge >= 0.3 is 0 Å². The van der Waals surface area contributed by atoms with Gasteiger partial charge in [-0.25, -0.2) is 28.7 Å². The van der Waals surface area contributed by atoms with Gasteiger partial charge in [-0.3, -0.25) is 0 Å². The Morgan fingerprint density at radius 2 is 1.75 bits per heavy atom. The number of aliphatic hydroxyl groups is 4. The Hall–Kier alpha value is -2.48. The van der Waals surface area contributed by atoms with Gasteiger partial charge < -0.3 is 25.3 Å². The van der Waals surface area contributed by atoms with Crippen molar-refractivity contribution in [2.24, 2.45) is 0 Å². The van der Waals surface area contributed by atoms with Crippen molar-refractivity contribution < 1.29 is 33.6 Å². The molecule has 2 unspecified atom stereocenters. The van der Waals surface area contributed by atoms with Gasteiger partial charge in [-0.05, 0) is 50.1 Å². The molecule has 12 heteroatoms. The minimum absolute atomic E-state index is 0.0315. The van der Waals surface area contributed by atoms with Crippen molar-refractivity contribution >= 4 is 10.9 Å². The Kier molecular flexibility index (Phi) is 8.29. The Labute approximate surface area is 233 Å². The molecule has 0 saturated carbocycles. The molecule has 3 aromatic rings. The Morgan fingerprint density at radius 1 is 1.10 bits per heavy atom. The van der Waals surface area contributed by atoms with Crippen LogP contribution in [0.15, 0.2) is 42.6 Å². The van der Waals surface area contributed by atoms with E-state index in [9.17, 15) is 33.6 Å². The smallest absolute Gasteiger partial charge is 0.194 e. The molecule has 6 atom stereocenters. The van der Waals surface area contributed by atoms with E-state index in [0.29, 0.717) is 25.9 Å². The average molecular weight is 581 g/mol. The molecule has 2 aromatic carbocycles. The average Bonchev–Trinajstić information content (AvgIpc) is 3.40. The van der Waals surface area contributed by atoms with Crippen molar-refractivity contribution in [2.75, 3.05) is 32.5 Å². The highest BCUT2D eigenvalue weighted by Crippen LogP contribution is 2.59. The number of thiol groups is 1. The van der Waals surface area contributed by atoms with Crippen LogP contribution >= 0.6 is 10.9 Å². The van der Waals surface area contributed by atoms with E-state index in [-0.39, 0.29) is 23.6 Å². The van der Waals surface area contributed by atoms with Gasteiger partial charge in [0.2, 0.25) is 0 Å². The molecule has 40 heavy (non-hydrogen) atoms. The molecule has 4 N–H and O–H groups in total. The Balaban J connectivity index is 1.49. The number of piperidine rings is 1. The van der Waals surface area contributed by atoms with E-state index in [1.165, 1.54) is 10.9 Å². The summed E-state index contributed by atoms with van der Waals surface area (Å²) < 4.78 is 42.3. The standard InChI is InChI=1S/C28H35F3N4O4S/c1-16-5-3-4-6-18(16)27(28(39)7-9-34(2)10-8-28)40-15-22(37)25(26(38)23(40)14-36)35-13-21(32-33-35)17-11-19(29)24(31)20(30)12-17/h3-6,11-13,22-23,25-27,36-40H,7-10,14-15H2,1-2H3/t22-,23+,25-,26-,27?/m0/s1. The lowest BCUT2D eigenvalue weighted by Crippen LogP contribution is -2.54. The quantitative estimate of drug-likeness (QED) is 0.225. The van der Waals surface area contributed by atoms with E-state index < -0.39 is 62.7 Å². The molecule has 2 aliphatic heterocycles. The largest absolute Gasteiger partial charge is 0.395 e. The van der Waals surface area contributed by atoms with Crippen molar-refractivity contribution in [2.45, 2.75) is 54.1 Å². The van der Waals surface area contributed by atoms with E-state index in [1.54, 1.807) is 0 Å². The zero-order valence-corrected chi connectivity index (χ0v) is 23.2.